The maximum atomic E-state index is 11.3. The van der Waals surface area contributed by atoms with Gasteiger partial charge in [-0.15, -0.1) is 0 Å². The number of aromatic hydroxyl groups is 1. The number of aromatic nitrogens is 2. The molecule has 0 saturated carbocycles. The molecule has 0 aliphatic carbocycles. The number of nitrogens with zero attached hydrogens (tertiary/aromatic N) is 2. The number of benzene rings is 1. The highest BCUT2D eigenvalue weighted by Crippen LogP contribution is 2.20. The third-order valence-corrected chi connectivity index (χ3v) is 2.82. The molecule has 0 amide bonds. The number of aryl methyl sites for hydroxylation is 2. The summed E-state index contributed by atoms with van der Waals surface area (Å²) in [6, 6.07) is 5.05. The standard InChI is InChI=1S/C13H16N2O3/c1-3-18-13(17)7-6-12-14-10-8-9(16)4-5-11(10)15(12)2/h4-5,8,16H,3,6-7H2,1-2H3. The maximum Gasteiger partial charge on any atom is 0.306 e. The van der Waals surface area contributed by atoms with Gasteiger partial charge in [0.2, 0.25) is 0 Å². The van der Waals surface area contributed by atoms with E-state index in [0.717, 1.165) is 16.9 Å². The predicted molar refractivity (Wildman–Crippen MR) is 67.3 cm³/mol. The summed E-state index contributed by atoms with van der Waals surface area (Å²) in [4.78, 5) is 15.7. The Morgan fingerprint density at radius 2 is 2.28 bits per heavy atom. The van der Waals surface area contributed by atoms with Crippen LogP contribution in [0.15, 0.2) is 18.2 Å². The van der Waals surface area contributed by atoms with Crippen LogP contribution in [0.4, 0.5) is 0 Å². The summed E-state index contributed by atoms with van der Waals surface area (Å²) >= 11 is 0. The van der Waals surface area contributed by atoms with Gasteiger partial charge in [-0.25, -0.2) is 4.98 Å². The van der Waals surface area contributed by atoms with E-state index in [9.17, 15) is 9.90 Å². The van der Waals surface area contributed by atoms with Crippen LogP contribution in [0.25, 0.3) is 11.0 Å². The Morgan fingerprint density at radius 1 is 1.50 bits per heavy atom. The lowest BCUT2D eigenvalue weighted by Crippen LogP contribution is -2.07. The highest BCUT2D eigenvalue weighted by atomic mass is 16.5. The Labute approximate surface area is 105 Å². The third-order valence-electron chi connectivity index (χ3n) is 2.82. The average molecular weight is 248 g/mol. The van der Waals surface area contributed by atoms with Crippen molar-refractivity contribution in [1.29, 1.82) is 0 Å². The zero-order valence-corrected chi connectivity index (χ0v) is 10.5. The van der Waals surface area contributed by atoms with Gasteiger partial charge in [-0.1, -0.05) is 0 Å². The van der Waals surface area contributed by atoms with Gasteiger partial charge in [-0.2, -0.15) is 0 Å². The van der Waals surface area contributed by atoms with Gasteiger partial charge in [0.25, 0.3) is 0 Å². The smallest absolute Gasteiger partial charge is 0.306 e. The zero-order chi connectivity index (χ0) is 13.1. The molecule has 0 radical (unpaired) electrons. The summed E-state index contributed by atoms with van der Waals surface area (Å²) in [5, 5.41) is 9.40. The van der Waals surface area contributed by atoms with Gasteiger partial charge in [0, 0.05) is 19.5 Å². The molecule has 96 valence electrons. The Bertz CT molecular complexity index is 575. The normalized spacial score (nSPS) is 10.8. The highest BCUT2D eigenvalue weighted by Gasteiger charge is 2.10. The minimum atomic E-state index is -0.215. The van der Waals surface area contributed by atoms with Crippen molar-refractivity contribution < 1.29 is 14.6 Å². The number of esters is 1. The molecule has 18 heavy (non-hydrogen) atoms. The molecule has 0 saturated heterocycles. The lowest BCUT2D eigenvalue weighted by atomic mass is 10.3. The van der Waals surface area contributed by atoms with Crippen LogP contribution in [0.5, 0.6) is 5.75 Å². The molecule has 0 unspecified atom stereocenters. The van der Waals surface area contributed by atoms with Crippen molar-refractivity contribution in [2.24, 2.45) is 7.05 Å². The van der Waals surface area contributed by atoms with Crippen molar-refractivity contribution in [2.75, 3.05) is 6.61 Å². The number of carbonyl (C=O) groups is 1. The monoisotopic (exact) mass is 248 g/mol. The molecule has 2 rings (SSSR count). The minimum absolute atomic E-state index is 0.192. The van der Waals surface area contributed by atoms with Crippen molar-refractivity contribution in [3.8, 4) is 5.75 Å². The molecule has 1 heterocycles. The van der Waals surface area contributed by atoms with Crippen LogP contribution in [0, 0.1) is 0 Å². The summed E-state index contributed by atoms with van der Waals surface area (Å²) in [6.07, 6.45) is 0.849. The van der Waals surface area contributed by atoms with E-state index in [-0.39, 0.29) is 11.7 Å². The van der Waals surface area contributed by atoms with Crippen LogP contribution in [0.2, 0.25) is 0 Å². The molecule has 0 spiro atoms. The molecule has 0 bridgehead atoms. The molecule has 0 aliphatic rings. The van der Waals surface area contributed by atoms with Gasteiger partial charge < -0.3 is 14.4 Å². The van der Waals surface area contributed by atoms with Gasteiger partial charge in [-0.3, -0.25) is 4.79 Å². The van der Waals surface area contributed by atoms with Crippen LogP contribution in [0.3, 0.4) is 0 Å². The van der Waals surface area contributed by atoms with E-state index in [0.29, 0.717) is 19.4 Å². The average Bonchev–Trinajstić information content (AvgIpc) is 2.63. The highest BCUT2D eigenvalue weighted by molar-refractivity contribution is 5.77. The molecule has 1 aromatic carbocycles. The maximum absolute atomic E-state index is 11.3. The predicted octanol–water partition coefficient (Wildman–Crippen LogP) is 1.77. The number of fused-ring (bicyclic) bond motifs is 1. The van der Waals surface area contributed by atoms with Gasteiger partial charge in [0.15, 0.2) is 0 Å². The number of imidazole rings is 1. The number of hydrogen-bond acceptors (Lipinski definition) is 4. The van der Waals surface area contributed by atoms with E-state index in [1.54, 1.807) is 19.1 Å². The van der Waals surface area contributed by atoms with E-state index in [1.807, 2.05) is 17.7 Å². The van der Waals surface area contributed by atoms with Crippen molar-refractivity contribution >= 4 is 17.0 Å². The number of ether oxygens (including phenoxy) is 1. The van der Waals surface area contributed by atoms with Crippen molar-refractivity contribution in [2.45, 2.75) is 19.8 Å². The second kappa shape index (κ2) is 5.08. The first-order valence-corrected chi connectivity index (χ1v) is 5.91. The first-order valence-electron chi connectivity index (χ1n) is 5.91. The molecule has 5 nitrogen and oxygen atoms in total. The van der Waals surface area contributed by atoms with Crippen molar-refractivity contribution in [3.63, 3.8) is 0 Å². The lowest BCUT2D eigenvalue weighted by Gasteiger charge is -2.02. The second-order valence-electron chi connectivity index (χ2n) is 4.07. The molecular formula is C13H16N2O3. The Kier molecular flexibility index (Phi) is 3.50. The zero-order valence-electron chi connectivity index (χ0n) is 10.5. The van der Waals surface area contributed by atoms with Crippen molar-refractivity contribution in [3.05, 3.63) is 24.0 Å². The topological polar surface area (TPSA) is 64.3 Å². The van der Waals surface area contributed by atoms with Crippen LogP contribution in [-0.2, 0) is 23.0 Å². The fraction of sp³-hybridized carbons (Fsp3) is 0.385. The van der Waals surface area contributed by atoms with E-state index in [4.69, 9.17) is 4.74 Å². The minimum Gasteiger partial charge on any atom is -0.508 e. The van der Waals surface area contributed by atoms with E-state index >= 15 is 0 Å². The molecule has 1 N–H and O–H groups in total. The number of hydrogen-bond donors (Lipinski definition) is 1. The summed E-state index contributed by atoms with van der Waals surface area (Å²) in [6.45, 7) is 2.19. The SMILES string of the molecule is CCOC(=O)CCc1nc2cc(O)ccc2n1C. The van der Waals surface area contributed by atoms with E-state index < -0.39 is 0 Å². The fourth-order valence-corrected chi connectivity index (χ4v) is 1.91. The van der Waals surface area contributed by atoms with Crippen LogP contribution in [-0.4, -0.2) is 27.2 Å². The quantitative estimate of drug-likeness (QED) is 0.837. The number of carbonyl (C=O) groups excluding carboxylic acids is 1. The molecule has 2 aromatic rings. The van der Waals surface area contributed by atoms with Gasteiger partial charge in [0.05, 0.1) is 24.1 Å². The Hall–Kier alpha value is -2.04. The fourth-order valence-electron chi connectivity index (χ4n) is 1.91. The summed E-state index contributed by atoms with van der Waals surface area (Å²) in [5.74, 6) is 0.786. The Balaban J connectivity index is 2.18. The summed E-state index contributed by atoms with van der Waals surface area (Å²) in [5.41, 5.74) is 1.67. The van der Waals surface area contributed by atoms with E-state index in [2.05, 4.69) is 4.98 Å². The van der Waals surface area contributed by atoms with Gasteiger partial charge >= 0.3 is 5.97 Å². The number of rotatable bonds is 4. The largest absolute Gasteiger partial charge is 0.508 e. The number of phenols is 1. The lowest BCUT2D eigenvalue weighted by molar-refractivity contribution is -0.143. The first kappa shape index (κ1) is 12.4. The number of phenolic OH excluding ortho intramolecular Hbond substituents is 1. The molecule has 1 aromatic heterocycles. The third kappa shape index (κ3) is 2.45. The summed E-state index contributed by atoms with van der Waals surface area (Å²) < 4.78 is 6.81. The van der Waals surface area contributed by atoms with Crippen LogP contribution >= 0.6 is 0 Å². The molecule has 0 aliphatic heterocycles. The second-order valence-corrected chi connectivity index (χ2v) is 4.07. The summed E-state index contributed by atoms with van der Waals surface area (Å²) in [7, 11) is 1.90. The van der Waals surface area contributed by atoms with Crippen LogP contribution < -0.4 is 0 Å². The van der Waals surface area contributed by atoms with Gasteiger partial charge in [-0.05, 0) is 19.1 Å². The molecule has 0 fully saturated rings. The van der Waals surface area contributed by atoms with Crippen LogP contribution in [0.1, 0.15) is 19.2 Å². The molecule has 0 atom stereocenters. The Morgan fingerprint density at radius 3 is 3.00 bits per heavy atom. The van der Waals surface area contributed by atoms with Gasteiger partial charge in [0.1, 0.15) is 11.6 Å². The van der Waals surface area contributed by atoms with Crippen molar-refractivity contribution in [1.82, 2.24) is 9.55 Å². The first-order chi connectivity index (χ1) is 8.61. The molecule has 5 heteroatoms. The van der Waals surface area contributed by atoms with E-state index in [1.165, 1.54) is 0 Å². The molecular weight excluding hydrogens is 232 g/mol.